The number of benzene rings is 1. The third-order valence-electron chi connectivity index (χ3n) is 4.02. The van der Waals surface area contributed by atoms with Crippen LogP contribution in [-0.2, 0) is 11.3 Å². The van der Waals surface area contributed by atoms with E-state index in [9.17, 15) is 4.79 Å². The number of aromatic nitrogens is 1. The number of pyridine rings is 1. The van der Waals surface area contributed by atoms with Gasteiger partial charge in [0.25, 0.3) is 0 Å². The van der Waals surface area contributed by atoms with E-state index >= 15 is 0 Å². The van der Waals surface area contributed by atoms with E-state index in [1.807, 2.05) is 24.5 Å². The molecule has 1 aliphatic rings. The maximum absolute atomic E-state index is 11.1. The minimum atomic E-state index is -0.670. The Kier molecular flexibility index (Phi) is 3.65. The molecule has 1 N–H and O–H groups in total. The van der Waals surface area contributed by atoms with Gasteiger partial charge in [-0.05, 0) is 36.4 Å². The maximum Gasteiger partial charge on any atom is 0.307 e. The summed E-state index contributed by atoms with van der Waals surface area (Å²) in [6.07, 6.45) is 5.44. The summed E-state index contributed by atoms with van der Waals surface area (Å²) in [4.78, 5) is 17.5. The molecule has 0 amide bonds. The topological polar surface area (TPSA) is 53.4 Å². The molecule has 1 aliphatic heterocycles. The number of carbonyl (C=O) groups is 1. The Hall–Kier alpha value is -1.94. The molecule has 2 heterocycles. The van der Waals surface area contributed by atoms with E-state index in [0.29, 0.717) is 6.54 Å². The van der Waals surface area contributed by atoms with Crippen LogP contribution in [0.1, 0.15) is 18.4 Å². The minimum absolute atomic E-state index is 0.222. The van der Waals surface area contributed by atoms with E-state index in [1.165, 1.54) is 10.9 Å². The molecule has 1 saturated heterocycles. The van der Waals surface area contributed by atoms with Crippen molar-refractivity contribution in [1.82, 2.24) is 9.88 Å². The molecule has 0 aliphatic carbocycles. The number of nitrogens with zero attached hydrogens (tertiary/aromatic N) is 2. The maximum atomic E-state index is 11.1. The Morgan fingerprint density at radius 1 is 1.40 bits per heavy atom. The summed E-state index contributed by atoms with van der Waals surface area (Å²) < 4.78 is 0. The lowest BCUT2D eigenvalue weighted by molar-refractivity contribution is -0.143. The van der Waals surface area contributed by atoms with Crippen LogP contribution in [0.2, 0.25) is 0 Å². The fourth-order valence-corrected chi connectivity index (χ4v) is 2.97. The summed E-state index contributed by atoms with van der Waals surface area (Å²) in [5.74, 6) is -0.891. The lowest BCUT2D eigenvalue weighted by Gasteiger charge is -2.30. The summed E-state index contributed by atoms with van der Waals surface area (Å²) >= 11 is 0. The number of hydrogen-bond donors (Lipinski definition) is 1. The monoisotopic (exact) mass is 270 g/mol. The number of carboxylic acids is 1. The molecule has 104 valence electrons. The van der Waals surface area contributed by atoms with Crippen molar-refractivity contribution in [2.75, 3.05) is 13.1 Å². The fraction of sp³-hybridized carbons (Fsp3) is 0.375. The molecule has 3 rings (SSSR count). The summed E-state index contributed by atoms with van der Waals surface area (Å²) in [5, 5.41) is 11.5. The number of rotatable bonds is 3. The predicted octanol–water partition coefficient (Wildman–Crippen LogP) is 2.53. The Morgan fingerprint density at radius 3 is 3.15 bits per heavy atom. The number of likely N-dealkylation sites (tertiary alicyclic amines) is 1. The highest BCUT2D eigenvalue weighted by atomic mass is 16.4. The zero-order valence-electron chi connectivity index (χ0n) is 11.3. The number of carboxylic acid groups (broad SMARTS) is 1. The molecule has 0 radical (unpaired) electrons. The first-order valence-electron chi connectivity index (χ1n) is 7.01. The molecular formula is C16H18N2O2. The lowest BCUT2D eigenvalue weighted by atomic mass is 9.97. The first kappa shape index (κ1) is 13.1. The molecule has 4 nitrogen and oxygen atoms in total. The molecule has 0 bridgehead atoms. The Bertz CT molecular complexity index is 621. The Morgan fingerprint density at radius 2 is 2.30 bits per heavy atom. The molecule has 1 aromatic carbocycles. The highest BCUT2D eigenvalue weighted by Crippen LogP contribution is 2.22. The van der Waals surface area contributed by atoms with Gasteiger partial charge in [0, 0.05) is 30.9 Å². The second kappa shape index (κ2) is 5.59. The van der Waals surface area contributed by atoms with Gasteiger partial charge in [0.05, 0.1) is 5.92 Å². The van der Waals surface area contributed by atoms with Gasteiger partial charge in [0.1, 0.15) is 0 Å². The van der Waals surface area contributed by atoms with Crippen LogP contribution in [0.15, 0.2) is 36.7 Å². The highest BCUT2D eigenvalue weighted by molar-refractivity contribution is 5.84. The molecule has 1 aromatic heterocycles. The average Bonchev–Trinajstić information content (AvgIpc) is 2.48. The van der Waals surface area contributed by atoms with E-state index in [0.717, 1.165) is 31.3 Å². The first-order chi connectivity index (χ1) is 9.74. The highest BCUT2D eigenvalue weighted by Gasteiger charge is 2.25. The predicted molar refractivity (Wildman–Crippen MR) is 77.4 cm³/mol. The minimum Gasteiger partial charge on any atom is -0.481 e. The molecule has 0 saturated carbocycles. The van der Waals surface area contributed by atoms with Crippen LogP contribution in [0.3, 0.4) is 0 Å². The average molecular weight is 270 g/mol. The number of fused-ring (bicyclic) bond motifs is 1. The van der Waals surface area contributed by atoms with E-state index < -0.39 is 5.97 Å². The molecule has 1 fully saturated rings. The van der Waals surface area contributed by atoms with Gasteiger partial charge in [-0.2, -0.15) is 0 Å². The number of hydrogen-bond acceptors (Lipinski definition) is 3. The van der Waals surface area contributed by atoms with Crippen LogP contribution < -0.4 is 0 Å². The van der Waals surface area contributed by atoms with Crippen LogP contribution in [0.25, 0.3) is 10.8 Å². The van der Waals surface area contributed by atoms with Gasteiger partial charge in [-0.1, -0.05) is 18.2 Å². The van der Waals surface area contributed by atoms with Gasteiger partial charge in [-0.25, -0.2) is 0 Å². The first-order valence-corrected chi connectivity index (χ1v) is 7.01. The van der Waals surface area contributed by atoms with Gasteiger partial charge in [-0.15, -0.1) is 0 Å². The smallest absolute Gasteiger partial charge is 0.307 e. The molecule has 1 unspecified atom stereocenters. The normalized spacial score (nSPS) is 20.1. The van der Waals surface area contributed by atoms with Gasteiger partial charge >= 0.3 is 5.97 Å². The molecule has 20 heavy (non-hydrogen) atoms. The van der Waals surface area contributed by atoms with Gasteiger partial charge in [0.2, 0.25) is 0 Å². The van der Waals surface area contributed by atoms with E-state index in [4.69, 9.17) is 5.11 Å². The quantitative estimate of drug-likeness (QED) is 0.931. The van der Waals surface area contributed by atoms with Crippen molar-refractivity contribution in [3.05, 3.63) is 42.2 Å². The number of aliphatic carboxylic acids is 1. The standard InChI is InChI=1S/C16H18N2O2/c19-16(20)14-5-2-8-18(11-14)10-13-4-1-3-12-9-17-7-6-15(12)13/h1,3-4,6-7,9,14H,2,5,8,10-11H2,(H,19,20). The molecule has 4 heteroatoms. The molecule has 1 atom stereocenters. The summed E-state index contributed by atoms with van der Waals surface area (Å²) in [5.41, 5.74) is 1.25. The summed E-state index contributed by atoms with van der Waals surface area (Å²) in [6.45, 7) is 2.44. The van der Waals surface area contributed by atoms with Crippen molar-refractivity contribution in [2.45, 2.75) is 19.4 Å². The van der Waals surface area contributed by atoms with Crippen molar-refractivity contribution in [1.29, 1.82) is 0 Å². The summed E-state index contributed by atoms with van der Waals surface area (Å²) in [6, 6.07) is 8.25. The zero-order chi connectivity index (χ0) is 13.9. The van der Waals surface area contributed by atoms with E-state index in [-0.39, 0.29) is 5.92 Å². The van der Waals surface area contributed by atoms with Crippen molar-refractivity contribution in [3.8, 4) is 0 Å². The third-order valence-corrected chi connectivity index (χ3v) is 4.02. The van der Waals surface area contributed by atoms with Crippen LogP contribution in [0, 0.1) is 5.92 Å². The van der Waals surface area contributed by atoms with Crippen LogP contribution in [0.4, 0.5) is 0 Å². The summed E-state index contributed by atoms with van der Waals surface area (Å²) in [7, 11) is 0. The van der Waals surface area contributed by atoms with Crippen molar-refractivity contribution in [2.24, 2.45) is 5.92 Å². The SMILES string of the molecule is O=C(O)C1CCCN(Cc2cccc3cnccc23)C1. The van der Waals surface area contributed by atoms with Crippen molar-refractivity contribution >= 4 is 16.7 Å². The third kappa shape index (κ3) is 2.65. The second-order valence-electron chi connectivity index (χ2n) is 5.43. The van der Waals surface area contributed by atoms with E-state index in [2.05, 4.69) is 22.0 Å². The van der Waals surface area contributed by atoms with Crippen molar-refractivity contribution in [3.63, 3.8) is 0 Å². The van der Waals surface area contributed by atoms with Crippen LogP contribution in [0.5, 0.6) is 0 Å². The largest absolute Gasteiger partial charge is 0.481 e. The second-order valence-corrected chi connectivity index (χ2v) is 5.43. The van der Waals surface area contributed by atoms with Crippen LogP contribution in [-0.4, -0.2) is 34.0 Å². The van der Waals surface area contributed by atoms with Gasteiger partial charge < -0.3 is 5.11 Å². The Labute approximate surface area is 118 Å². The Balaban J connectivity index is 1.81. The molecular weight excluding hydrogens is 252 g/mol. The molecule has 0 spiro atoms. The van der Waals surface area contributed by atoms with Gasteiger partial charge in [-0.3, -0.25) is 14.7 Å². The fourth-order valence-electron chi connectivity index (χ4n) is 2.97. The van der Waals surface area contributed by atoms with E-state index in [1.54, 1.807) is 0 Å². The molecule has 2 aromatic rings. The number of piperidine rings is 1. The lowest BCUT2D eigenvalue weighted by Crippen LogP contribution is -2.38. The van der Waals surface area contributed by atoms with Crippen LogP contribution >= 0.6 is 0 Å². The zero-order valence-corrected chi connectivity index (χ0v) is 11.3. The van der Waals surface area contributed by atoms with Crippen molar-refractivity contribution < 1.29 is 9.90 Å². The van der Waals surface area contributed by atoms with Gasteiger partial charge in [0.15, 0.2) is 0 Å².